The lowest BCUT2D eigenvalue weighted by Crippen LogP contribution is -2.60. The third-order valence-corrected chi connectivity index (χ3v) is 12.0. The molecule has 0 aromatic rings. The van der Waals surface area contributed by atoms with Gasteiger partial charge in [-0.2, -0.15) is 8.42 Å². The van der Waals surface area contributed by atoms with Crippen molar-refractivity contribution in [2.24, 2.45) is 0 Å². The van der Waals surface area contributed by atoms with Crippen LogP contribution in [0.5, 0.6) is 0 Å². The van der Waals surface area contributed by atoms with E-state index in [-0.39, 0.29) is 19.4 Å². The molecule has 2 unspecified atom stereocenters. The molecule has 4 N–H and O–H groups in total. The van der Waals surface area contributed by atoms with Crippen LogP contribution in [0.1, 0.15) is 194 Å². The minimum atomic E-state index is -4.62. The van der Waals surface area contributed by atoms with E-state index in [9.17, 15) is 37.9 Å². The Labute approximate surface area is 399 Å². The fraction of sp³-hybridized carbons (Fsp3) is 0.736. The average molecular weight is 951 g/mol. The van der Waals surface area contributed by atoms with Crippen LogP contribution in [0.25, 0.3) is 0 Å². The van der Waals surface area contributed by atoms with Crippen molar-refractivity contribution in [2.45, 2.75) is 230 Å². The van der Waals surface area contributed by atoms with Crippen molar-refractivity contribution < 1.29 is 56.8 Å². The molecule has 0 spiro atoms. The summed E-state index contributed by atoms with van der Waals surface area (Å²) in [6.07, 6.45) is 45.2. The summed E-state index contributed by atoms with van der Waals surface area (Å²) >= 11 is 0. The quantitative estimate of drug-likeness (QED) is 0.0197. The fourth-order valence-corrected chi connectivity index (χ4v) is 7.99. The van der Waals surface area contributed by atoms with Crippen LogP contribution in [0.4, 0.5) is 0 Å². The largest absolute Gasteiger partial charge is 0.462 e. The summed E-state index contributed by atoms with van der Waals surface area (Å²) < 4.78 is 54.1. The van der Waals surface area contributed by atoms with Gasteiger partial charge in [0.2, 0.25) is 0 Å². The number of aliphatic hydroxyl groups excluding tert-OH is 3. The van der Waals surface area contributed by atoms with Crippen molar-refractivity contribution in [1.82, 2.24) is 0 Å². The Bertz CT molecular complexity index is 1490. The number of hydrogen-bond donors (Lipinski definition) is 4. The molecule has 6 atom stereocenters. The average Bonchev–Trinajstić information content (AvgIpc) is 3.28. The van der Waals surface area contributed by atoms with Crippen LogP contribution in [-0.4, -0.2) is 96.0 Å². The number of allylic oxidation sites excluding steroid dienone is 12. The summed E-state index contributed by atoms with van der Waals surface area (Å²) in [5.74, 6) is -2.10. The van der Waals surface area contributed by atoms with Crippen LogP contribution >= 0.6 is 0 Å². The van der Waals surface area contributed by atoms with Gasteiger partial charge in [0.1, 0.15) is 36.8 Å². The number of rotatable bonds is 42. The second-order valence-corrected chi connectivity index (χ2v) is 19.0. The first-order valence-electron chi connectivity index (χ1n) is 25.5. The Morgan fingerprint density at radius 2 is 0.939 bits per heavy atom. The summed E-state index contributed by atoms with van der Waals surface area (Å²) in [6, 6.07) is 0. The number of carbonyl (C=O) groups excluding carboxylic acids is 2. The molecule has 1 heterocycles. The summed E-state index contributed by atoms with van der Waals surface area (Å²) in [5, 5.41) is 31.0. The molecule has 1 rings (SSSR count). The summed E-state index contributed by atoms with van der Waals surface area (Å²) in [6.45, 7) is 3.68. The van der Waals surface area contributed by atoms with Gasteiger partial charge in [-0.1, -0.05) is 177 Å². The lowest BCUT2D eigenvalue weighted by Gasteiger charge is -2.40. The zero-order valence-electron chi connectivity index (χ0n) is 40.8. The maximum absolute atomic E-state index is 12.8. The fourth-order valence-electron chi connectivity index (χ4n) is 7.30. The van der Waals surface area contributed by atoms with Crippen LogP contribution in [0.3, 0.4) is 0 Å². The molecular weight excluding hydrogens is 861 g/mol. The molecule has 66 heavy (non-hydrogen) atoms. The number of esters is 2. The zero-order chi connectivity index (χ0) is 48.4. The molecule has 0 radical (unpaired) electrons. The molecule has 0 aliphatic carbocycles. The van der Waals surface area contributed by atoms with E-state index in [0.717, 1.165) is 44.9 Å². The molecule has 0 bridgehead atoms. The third-order valence-electron chi connectivity index (χ3n) is 11.3. The smallest absolute Gasteiger partial charge is 0.306 e. The predicted octanol–water partition coefficient (Wildman–Crippen LogP) is 11.5. The molecule has 1 aliphatic heterocycles. The van der Waals surface area contributed by atoms with Gasteiger partial charge < -0.3 is 34.3 Å². The first kappa shape index (κ1) is 61.1. The van der Waals surface area contributed by atoms with Crippen LogP contribution < -0.4 is 0 Å². The van der Waals surface area contributed by atoms with Crippen molar-refractivity contribution in [2.75, 3.05) is 19.0 Å². The first-order valence-corrected chi connectivity index (χ1v) is 27.1. The molecule has 0 aromatic heterocycles. The minimum Gasteiger partial charge on any atom is -0.462 e. The van der Waals surface area contributed by atoms with Gasteiger partial charge in [-0.05, 0) is 77.0 Å². The molecule has 1 fully saturated rings. The minimum absolute atomic E-state index is 0.0379. The number of ether oxygens (including phenoxy) is 4. The highest BCUT2D eigenvalue weighted by molar-refractivity contribution is 7.85. The number of unbranched alkanes of at least 4 members (excludes halogenated alkanes) is 18. The molecular formula is C53H90O12S. The Morgan fingerprint density at radius 3 is 1.45 bits per heavy atom. The van der Waals surface area contributed by atoms with Gasteiger partial charge >= 0.3 is 11.9 Å². The van der Waals surface area contributed by atoms with Crippen LogP contribution in [0.2, 0.25) is 0 Å². The normalized spacial score (nSPS) is 20.0. The lowest BCUT2D eigenvalue weighted by molar-refractivity contribution is -0.297. The Kier molecular flexibility index (Phi) is 39.1. The third kappa shape index (κ3) is 36.2. The standard InChI is InChI=1S/C53H90O12S/c1-3-5-7-9-11-13-15-17-19-21-23-25-27-29-31-33-35-37-39-41-48(54)62-43-46(44-63-53-52(58)51(57)50(56)47(65-53)45-66(59,60)61)64-49(55)42-40-38-36-34-32-30-28-26-24-22-20-18-16-14-12-10-8-6-4-2/h12,14,17-20,24,26,30,32,36,38,46-47,50-53,56-58H,3-11,13,15-16,21-23,25,27-29,31,33-35,37,39-45H2,1-2H3,(H,59,60,61)/b14-12+,19-17+,20-18+,26-24+,32-30+,38-36+/t46-,47-,50-,51?,52?,53+/m1/s1. The highest BCUT2D eigenvalue weighted by Crippen LogP contribution is 2.24. The van der Waals surface area contributed by atoms with Gasteiger partial charge in [-0.3, -0.25) is 14.1 Å². The molecule has 12 nitrogen and oxygen atoms in total. The monoisotopic (exact) mass is 951 g/mol. The van der Waals surface area contributed by atoms with Gasteiger partial charge in [-0.25, -0.2) is 0 Å². The Morgan fingerprint density at radius 1 is 0.515 bits per heavy atom. The Balaban J connectivity index is 2.44. The zero-order valence-corrected chi connectivity index (χ0v) is 41.6. The van der Waals surface area contributed by atoms with Crippen LogP contribution in [-0.2, 0) is 38.7 Å². The van der Waals surface area contributed by atoms with Crippen molar-refractivity contribution in [3.8, 4) is 0 Å². The van der Waals surface area contributed by atoms with E-state index in [1.807, 2.05) is 12.2 Å². The molecule has 13 heteroatoms. The maximum Gasteiger partial charge on any atom is 0.306 e. The van der Waals surface area contributed by atoms with Crippen molar-refractivity contribution in [3.05, 3.63) is 72.9 Å². The van der Waals surface area contributed by atoms with Gasteiger partial charge in [0, 0.05) is 12.8 Å². The molecule has 0 aromatic carbocycles. The predicted molar refractivity (Wildman–Crippen MR) is 265 cm³/mol. The van der Waals surface area contributed by atoms with Gasteiger partial charge in [-0.15, -0.1) is 0 Å². The SMILES string of the molecule is CCCCC/C=C/C/C=C/C/C=C/C/C=C/C/C=C/CCC(=O)O[C@H](COC(=O)CCCCCCCCCCC/C=C/CCCCCCCC)CO[C@H]1O[C@H](CS(=O)(=O)O)[C@@H](O)C(O)C1O. The van der Waals surface area contributed by atoms with E-state index in [4.69, 9.17) is 18.9 Å². The molecule has 0 amide bonds. The van der Waals surface area contributed by atoms with Crippen molar-refractivity contribution >= 4 is 22.1 Å². The highest BCUT2D eigenvalue weighted by Gasteiger charge is 2.46. The Hall–Kier alpha value is -2.91. The maximum atomic E-state index is 12.8. The molecule has 0 saturated carbocycles. The van der Waals surface area contributed by atoms with Gasteiger partial charge in [0.15, 0.2) is 12.4 Å². The van der Waals surface area contributed by atoms with Crippen LogP contribution in [0, 0.1) is 0 Å². The van der Waals surface area contributed by atoms with Crippen LogP contribution in [0.15, 0.2) is 72.9 Å². The number of aliphatic hydroxyl groups is 3. The van der Waals surface area contributed by atoms with E-state index < -0.39 is 71.2 Å². The molecule has 1 aliphatic rings. The van der Waals surface area contributed by atoms with E-state index in [1.165, 1.54) is 103 Å². The molecule has 380 valence electrons. The first-order chi connectivity index (χ1) is 32.0. The van der Waals surface area contributed by atoms with Gasteiger partial charge in [0.25, 0.3) is 10.1 Å². The van der Waals surface area contributed by atoms with Crippen molar-refractivity contribution in [1.29, 1.82) is 0 Å². The summed E-state index contributed by atoms with van der Waals surface area (Å²) in [7, 11) is -4.62. The summed E-state index contributed by atoms with van der Waals surface area (Å²) in [4.78, 5) is 25.5. The van der Waals surface area contributed by atoms with Crippen molar-refractivity contribution in [3.63, 3.8) is 0 Å². The number of carbonyl (C=O) groups is 2. The van der Waals surface area contributed by atoms with E-state index in [1.54, 1.807) is 0 Å². The topological polar surface area (TPSA) is 186 Å². The second kappa shape index (κ2) is 42.2. The lowest BCUT2D eigenvalue weighted by atomic mass is 10.00. The number of hydrogen-bond acceptors (Lipinski definition) is 11. The van der Waals surface area contributed by atoms with Gasteiger partial charge in [0.05, 0.1) is 6.61 Å². The highest BCUT2D eigenvalue weighted by atomic mass is 32.2. The van der Waals surface area contributed by atoms with E-state index >= 15 is 0 Å². The molecule has 1 saturated heterocycles. The van der Waals surface area contributed by atoms with E-state index in [0.29, 0.717) is 19.3 Å². The summed E-state index contributed by atoms with van der Waals surface area (Å²) in [5.41, 5.74) is 0. The second-order valence-electron chi connectivity index (χ2n) is 17.5. The van der Waals surface area contributed by atoms with E-state index in [2.05, 4.69) is 74.6 Å².